The van der Waals surface area contributed by atoms with E-state index in [1.165, 1.54) is 23.5 Å². The molecule has 2 aromatic rings. The highest BCUT2D eigenvalue weighted by atomic mass is 16.2. The first-order valence-electron chi connectivity index (χ1n) is 6.35. The summed E-state index contributed by atoms with van der Waals surface area (Å²) in [7, 11) is 2.08. The van der Waals surface area contributed by atoms with Gasteiger partial charge in [0, 0.05) is 31.2 Å². The van der Waals surface area contributed by atoms with Crippen molar-refractivity contribution in [1.29, 1.82) is 0 Å². The van der Waals surface area contributed by atoms with E-state index < -0.39 is 0 Å². The maximum Gasteiger partial charge on any atom is 0.324 e. The molecule has 3 rings (SSSR count). The number of carbonyl (C=O) groups excluding carboxylic acids is 1. The molecule has 0 atom stereocenters. The lowest BCUT2D eigenvalue weighted by Crippen LogP contribution is -2.20. The Morgan fingerprint density at radius 2 is 2.05 bits per heavy atom. The van der Waals surface area contributed by atoms with Crippen LogP contribution in [0.3, 0.4) is 0 Å². The van der Waals surface area contributed by atoms with Crippen LogP contribution in [0, 0.1) is 0 Å². The number of carbonyl (C=O) groups is 1. The molecule has 0 aliphatic carbocycles. The van der Waals surface area contributed by atoms with Gasteiger partial charge in [-0.2, -0.15) is 0 Å². The maximum atomic E-state index is 11.8. The van der Waals surface area contributed by atoms with E-state index in [-0.39, 0.29) is 6.03 Å². The van der Waals surface area contributed by atoms with Crippen molar-refractivity contribution in [3.05, 3.63) is 47.9 Å². The topological polar surface area (TPSA) is 70.2 Å². The Morgan fingerprint density at radius 3 is 2.85 bits per heavy atom. The minimum absolute atomic E-state index is 0.322. The summed E-state index contributed by atoms with van der Waals surface area (Å²) in [5, 5.41) is 5.43. The Morgan fingerprint density at radius 1 is 1.20 bits per heavy atom. The van der Waals surface area contributed by atoms with Gasteiger partial charge in [0.2, 0.25) is 0 Å². The van der Waals surface area contributed by atoms with Gasteiger partial charge >= 0.3 is 6.03 Å². The molecule has 2 N–H and O–H groups in total. The van der Waals surface area contributed by atoms with Crippen LogP contribution in [0.2, 0.25) is 0 Å². The molecule has 0 saturated carbocycles. The van der Waals surface area contributed by atoms with E-state index in [4.69, 9.17) is 0 Å². The van der Waals surface area contributed by atoms with Crippen molar-refractivity contribution >= 4 is 17.5 Å². The van der Waals surface area contributed by atoms with Crippen LogP contribution < -0.4 is 10.6 Å². The summed E-state index contributed by atoms with van der Waals surface area (Å²) in [4.78, 5) is 22.0. The second kappa shape index (κ2) is 5.26. The number of hydrogen-bond donors (Lipinski definition) is 2. The Bertz CT molecular complexity index is 629. The summed E-state index contributed by atoms with van der Waals surface area (Å²) in [6, 6.07) is 5.65. The van der Waals surface area contributed by atoms with Crippen molar-refractivity contribution in [2.75, 3.05) is 17.7 Å². The molecule has 1 aromatic heterocycles. The minimum atomic E-state index is -0.322. The van der Waals surface area contributed by atoms with E-state index in [2.05, 4.69) is 38.6 Å². The lowest BCUT2D eigenvalue weighted by atomic mass is 10.1. The molecule has 1 aromatic carbocycles. The SMILES string of the molecule is CN1Cc2ccc(NC(=O)Nc3cnccn3)cc2C1. The lowest BCUT2D eigenvalue weighted by molar-refractivity contribution is 0.262. The fraction of sp³-hybridized carbons (Fsp3) is 0.214. The van der Waals surface area contributed by atoms with Crippen LogP contribution >= 0.6 is 0 Å². The third kappa shape index (κ3) is 2.75. The highest BCUT2D eigenvalue weighted by Crippen LogP contribution is 2.24. The van der Waals surface area contributed by atoms with Crippen LogP contribution in [0.15, 0.2) is 36.8 Å². The van der Waals surface area contributed by atoms with Gasteiger partial charge in [-0.3, -0.25) is 15.2 Å². The largest absolute Gasteiger partial charge is 0.324 e. The Kier molecular flexibility index (Phi) is 3.30. The average Bonchev–Trinajstić information content (AvgIpc) is 2.79. The number of benzene rings is 1. The molecule has 0 radical (unpaired) electrons. The number of nitrogens with one attached hydrogen (secondary N) is 2. The molecule has 2 heterocycles. The first-order chi connectivity index (χ1) is 9.70. The molecule has 6 heteroatoms. The predicted molar refractivity (Wildman–Crippen MR) is 76.3 cm³/mol. The van der Waals surface area contributed by atoms with E-state index in [0.717, 1.165) is 18.8 Å². The number of urea groups is 1. The number of anilines is 2. The second-order valence-electron chi connectivity index (χ2n) is 4.83. The normalized spacial score (nSPS) is 13.8. The lowest BCUT2D eigenvalue weighted by Gasteiger charge is -2.08. The molecule has 1 aliphatic rings. The van der Waals surface area contributed by atoms with Gasteiger partial charge in [-0.25, -0.2) is 9.78 Å². The molecule has 1 aliphatic heterocycles. The van der Waals surface area contributed by atoms with Gasteiger partial charge in [0.15, 0.2) is 5.82 Å². The molecule has 2 amide bonds. The maximum absolute atomic E-state index is 11.8. The summed E-state index contributed by atoms with van der Waals surface area (Å²) < 4.78 is 0. The van der Waals surface area contributed by atoms with Gasteiger partial charge in [0.1, 0.15) is 0 Å². The third-order valence-electron chi connectivity index (χ3n) is 3.15. The van der Waals surface area contributed by atoms with Crippen LogP contribution in [0.25, 0.3) is 0 Å². The average molecular weight is 269 g/mol. The van der Waals surface area contributed by atoms with E-state index in [1.54, 1.807) is 6.20 Å². The van der Waals surface area contributed by atoms with Crippen LogP contribution in [-0.2, 0) is 13.1 Å². The first-order valence-corrected chi connectivity index (χ1v) is 6.35. The standard InChI is InChI=1S/C14H15N5O/c1-19-8-10-2-3-12(6-11(10)9-19)17-14(20)18-13-7-15-4-5-16-13/h2-7H,8-9H2,1H3,(H2,16,17,18,20). The number of fused-ring (bicyclic) bond motifs is 1. The molecule has 20 heavy (non-hydrogen) atoms. The fourth-order valence-electron chi connectivity index (χ4n) is 2.28. The summed E-state index contributed by atoms with van der Waals surface area (Å²) in [6.07, 6.45) is 4.58. The molecule has 0 saturated heterocycles. The summed E-state index contributed by atoms with van der Waals surface area (Å²) in [6.45, 7) is 1.87. The fourth-order valence-corrected chi connectivity index (χ4v) is 2.28. The summed E-state index contributed by atoms with van der Waals surface area (Å²) >= 11 is 0. The van der Waals surface area contributed by atoms with E-state index in [9.17, 15) is 4.79 Å². The minimum Gasteiger partial charge on any atom is -0.308 e. The predicted octanol–water partition coefficient (Wildman–Crippen LogP) is 2.07. The molecular formula is C14H15N5O. The van der Waals surface area contributed by atoms with Gasteiger partial charge in [-0.15, -0.1) is 0 Å². The number of nitrogens with zero attached hydrogens (tertiary/aromatic N) is 3. The Hall–Kier alpha value is -2.47. The van der Waals surface area contributed by atoms with Crippen LogP contribution in [0.4, 0.5) is 16.3 Å². The molecule has 102 valence electrons. The molecule has 0 spiro atoms. The van der Waals surface area contributed by atoms with Crippen LogP contribution in [0.5, 0.6) is 0 Å². The molecular weight excluding hydrogens is 254 g/mol. The van der Waals surface area contributed by atoms with E-state index in [0.29, 0.717) is 5.82 Å². The monoisotopic (exact) mass is 269 g/mol. The smallest absolute Gasteiger partial charge is 0.308 e. The molecule has 0 fully saturated rings. The second-order valence-corrected chi connectivity index (χ2v) is 4.83. The summed E-state index contributed by atoms with van der Waals surface area (Å²) in [5.41, 5.74) is 3.35. The number of amides is 2. The van der Waals surface area contributed by atoms with Crippen molar-refractivity contribution in [2.45, 2.75) is 13.1 Å². The van der Waals surface area contributed by atoms with E-state index in [1.807, 2.05) is 12.1 Å². The van der Waals surface area contributed by atoms with Crippen molar-refractivity contribution in [1.82, 2.24) is 14.9 Å². The molecule has 0 bridgehead atoms. The Balaban J connectivity index is 1.66. The number of hydrogen-bond acceptors (Lipinski definition) is 4. The zero-order chi connectivity index (χ0) is 13.9. The van der Waals surface area contributed by atoms with Crippen molar-refractivity contribution in [3.63, 3.8) is 0 Å². The zero-order valence-corrected chi connectivity index (χ0v) is 11.1. The van der Waals surface area contributed by atoms with Crippen molar-refractivity contribution in [2.24, 2.45) is 0 Å². The van der Waals surface area contributed by atoms with Crippen molar-refractivity contribution < 1.29 is 4.79 Å². The number of rotatable bonds is 2. The first kappa shape index (κ1) is 12.6. The Labute approximate surface area is 116 Å². The van der Waals surface area contributed by atoms with Crippen LogP contribution in [0.1, 0.15) is 11.1 Å². The zero-order valence-electron chi connectivity index (χ0n) is 11.1. The van der Waals surface area contributed by atoms with Gasteiger partial charge in [-0.1, -0.05) is 6.07 Å². The van der Waals surface area contributed by atoms with Crippen molar-refractivity contribution in [3.8, 4) is 0 Å². The van der Waals surface area contributed by atoms with E-state index >= 15 is 0 Å². The van der Waals surface area contributed by atoms with Crippen LogP contribution in [-0.4, -0.2) is 27.9 Å². The quantitative estimate of drug-likeness (QED) is 0.875. The van der Waals surface area contributed by atoms with Gasteiger partial charge in [0.05, 0.1) is 6.20 Å². The highest BCUT2D eigenvalue weighted by Gasteiger charge is 2.15. The molecule has 0 unspecified atom stereocenters. The number of aromatic nitrogens is 2. The van der Waals surface area contributed by atoms with Gasteiger partial charge in [-0.05, 0) is 30.3 Å². The van der Waals surface area contributed by atoms with Gasteiger partial charge < -0.3 is 5.32 Å². The summed E-state index contributed by atoms with van der Waals surface area (Å²) in [5.74, 6) is 0.422. The van der Waals surface area contributed by atoms with Gasteiger partial charge in [0.25, 0.3) is 0 Å². The third-order valence-corrected chi connectivity index (χ3v) is 3.15. The molecule has 6 nitrogen and oxygen atoms in total. The highest BCUT2D eigenvalue weighted by molar-refractivity contribution is 5.99.